The molecule has 3 atom stereocenters. The fourth-order valence-corrected chi connectivity index (χ4v) is 5.72. The van der Waals surface area contributed by atoms with Gasteiger partial charge in [0.2, 0.25) is 0 Å². The van der Waals surface area contributed by atoms with Crippen LogP contribution in [-0.2, 0) is 0 Å². The molecular weight excluding hydrogens is 206 g/mol. The summed E-state index contributed by atoms with van der Waals surface area (Å²) in [6, 6.07) is 0.509. The van der Waals surface area contributed by atoms with Gasteiger partial charge in [0.05, 0.1) is 0 Å². The summed E-state index contributed by atoms with van der Waals surface area (Å²) in [6.45, 7) is 4.87. The molecule has 2 N–H and O–H groups in total. The van der Waals surface area contributed by atoms with Crippen LogP contribution in [0.3, 0.4) is 0 Å². The smallest absolute Gasteiger partial charge is 0.00392 e. The quantitative estimate of drug-likeness (QED) is 0.766. The Kier molecular flexibility index (Phi) is 2.81. The van der Waals surface area contributed by atoms with Crippen LogP contribution in [0.25, 0.3) is 0 Å². The van der Waals surface area contributed by atoms with E-state index in [4.69, 9.17) is 5.73 Å². The van der Waals surface area contributed by atoms with Crippen molar-refractivity contribution in [2.45, 2.75) is 77.7 Å². The highest BCUT2D eigenvalue weighted by Crippen LogP contribution is 2.77. The van der Waals surface area contributed by atoms with Crippen LogP contribution in [0.15, 0.2) is 0 Å². The molecule has 0 aromatic rings. The molecule has 3 rings (SSSR count). The van der Waals surface area contributed by atoms with Crippen LogP contribution in [0.4, 0.5) is 0 Å². The molecule has 17 heavy (non-hydrogen) atoms. The maximum absolute atomic E-state index is 6.15. The molecule has 3 saturated carbocycles. The molecule has 2 spiro atoms. The van der Waals surface area contributed by atoms with Gasteiger partial charge in [-0.25, -0.2) is 0 Å². The Morgan fingerprint density at radius 3 is 2.18 bits per heavy atom. The summed E-state index contributed by atoms with van der Waals surface area (Å²) in [6.07, 6.45) is 12.9. The Bertz CT molecular complexity index is 290. The maximum atomic E-state index is 6.15. The van der Waals surface area contributed by atoms with Gasteiger partial charge in [-0.15, -0.1) is 0 Å². The molecule has 0 heterocycles. The van der Waals surface area contributed by atoms with Gasteiger partial charge < -0.3 is 5.73 Å². The minimum absolute atomic E-state index is 0.509. The van der Waals surface area contributed by atoms with Crippen molar-refractivity contribution >= 4 is 0 Å². The zero-order chi connectivity index (χ0) is 12.1. The van der Waals surface area contributed by atoms with Crippen molar-refractivity contribution in [3.63, 3.8) is 0 Å². The largest absolute Gasteiger partial charge is 0.328 e. The second kappa shape index (κ2) is 3.98. The van der Waals surface area contributed by atoms with Crippen LogP contribution in [-0.4, -0.2) is 6.04 Å². The van der Waals surface area contributed by atoms with E-state index < -0.39 is 0 Å². The van der Waals surface area contributed by atoms with Crippen molar-refractivity contribution in [1.82, 2.24) is 0 Å². The molecule has 3 fully saturated rings. The lowest BCUT2D eigenvalue weighted by atomic mass is 9.59. The molecule has 0 aliphatic heterocycles. The first-order valence-electron chi connectivity index (χ1n) is 7.90. The topological polar surface area (TPSA) is 26.0 Å². The molecular formula is C16H29N. The molecule has 3 aliphatic rings. The fourth-order valence-electron chi connectivity index (χ4n) is 5.72. The average molecular weight is 235 g/mol. The Hall–Kier alpha value is -0.0400. The van der Waals surface area contributed by atoms with Gasteiger partial charge in [-0.3, -0.25) is 0 Å². The van der Waals surface area contributed by atoms with Crippen LogP contribution < -0.4 is 5.73 Å². The summed E-state index contributed by atoms with van der Waals surface area (Å²) in [4.78, 5) is 0. The van der Waals surface area contributed by atoms with E-state index in [2.05, 4.69) is 13.8 Å². The van der Waals surface area contributed by atoms with Crippen molar-refractivity contribution in [1.29, 1.82) is 0 Å². The zero-order valence-corrected chi connectivity index (χ0v) is 11.7. The van der Waals surface area contributed by atoms with E-state index in [0.717, 1.165) is 22.7 Å². The lowest BCUT2D eigenvalue weighted by Gasteiger charge is -2.46. The van der Waals surface area contributed by atoms with E-state index in [-0.39, 0.29) is 0 Å². The van der Waals surface area contributed by atoms with Gasteiger partial charge in [0, 0.05) is 6.04 Å². The van der Waals surface area contributed by atoms with Crippen LogP contribution in [0.1, 0.15) is 71.6 Å². The van der Waals surface area contributed by atoms with E-state index >= 15 is 0 Å². The van der Waals surface area contributed by atoms with Crippen LogP contribution in [0.5, 0.6) is 0 Å². The molecule has 1 heteroatoms. The minimum Gasteiger partial charge on any atom is -0.328 e. The Labute approximate surface area is 107 Å². The molecule has 0 amide bonds. The molecule has 0 radical (unpaired) electrons. The standard InChI is InChI=1S/C16H29N/c1-3-4-13-5-8-16(11-12(16)2)15(13)9-6-14(17)7-10-15/h12-14H,3-11,17H2,1-2H3. The van der Waals surface area contributed by atoms with E-state index in [1.807, 2.05) is 0 Å². The SMILES string of the molecule is CCCC1CCC2(CC2C)C12CCC(N)CC2. The third-order valence-corrected chi connectivity index (χ3v) is 6.73. The van der Waals surface area contributed by atoms with Gasteiger partial charge in [-0.05, 0) is 67.6 Å². The normalized spacial score (nSPS) is 53.5. The van der Waals surface area contributed by atoms with Gasteiger partial charge in [-0.1, -0.05) is 26.7 Å². The van der Waals surface area contributed by atoms with Gasteiger partial charge in [-0.2, -0.15) is 0 Å². The highest BCUT2D eigenvalue weighted by atomic mass is 14.8. The Balaban J connectivity index is 1.85. The Morgan fingerprint density at radius 1 is 1.06 bits per heavy atom. The number of hydrogen-bond donors (Lipinski definition) is 1. The summed E-state index contributed by atoms with van der Waals surface area (Å²) in [5.41, 5.74) is 7.64. The second-order valence-electron chi connectivity index (χ2n) is 7.28. The lowest BCUT2D eigenvalue weighted by molar-refractivity contribution is 0.0394. The van der Waals surface area contributed by atoms with Crippen molar-refractivity contribution < 1.29 is 0 Å². The van der Waals surface area contributed by atoms with E-state index in [1.54, 1.807) is 0 Å². The summed E-state index contributed by atoms with van der Waals surface area (Å²) in [5, 5.41) is 0. The highest BCUT2D eigenvalue weighted by Gasteiger charge is 2.68. The van der Waals surface area contributed by atoms with Crippen LogP contribution in [0.2, 0.25) is 0 Å². The third-order valence-electron chi connectivity index (χ3n) is 6.73. The molecule has 3 aliphatic carbocycles. The predicted molar refractivity (Wildman–Crippen MR) is 72.7 cm³/mol. The van der Waals surface area contributed by atoms with Crippen molar-refractivity contribution in [3.05, 3.63) is 0 Å². The van der Waals surface area contributed by atoms with E-state index in [0.29, 0.717) is 6.04 Å². The maximum Gasteiger partial charge on any atom is 0.00392 e. The number of hydrogen-bond acceptors (Lipinski definition) is 1. The third kappa shape index (κ3) is 1.54. The molecule has 0 aromatic heterocycles. The molecule has 0 saturated heterocycles. The molecule has 1 nitrogen and oxygen atoms in total. The van der Waals surface area contributed by atoms with Gasteiger partial charge >= 0.3 is 0 Å². The molecule has 98 valence electrons. The number of fused-ring (bicyclic) bond motifs is 1. The summed E-state index contributed by atoms with van der Waals surface area (Å²) in [7, 11) is 0. The first-order chi connectivity index (χ1) is 8.14. The first-order valence-corrected chi connectivity index (χ1v) is 7.90. The molecule has 0 bridgehead atoms. The van der Waals surface area contributed by atoms with Crippen LogP contribution >= 0.6 is 0 Å². The van der Waals surface area contributed by atoms with Gasteiger partial charge in [0.15, 0.2) is 0 Å². The summed E-state index contributed by atoms with van der Waals surface area (Å²) >= 11 is 0. The average Bonchev–Trinajstić information content (AvgIpc) is 2.89. The van der Waals surface area contributed by atoms with E-state index in [9.17, 15) is 0 Å². The zero-order valence-electron chi connectivity index (χ0n) is 11.7. The van der Waals surface area contributed by atoms with Crippen molar-refractivity contribution in [3.8, 4) is 0 Å². The minimum atomic E-state index is 0.509. The van der Waals surface area contributed by atoms with Gasteiger partial charge in [0.25, 0.3) is 0 Å². The molecule has 0 aromatic carbocycles. The molecule has 3 unspecified atom stereocenters. The number of rotatable bonds is 2. The fraction of sp³-hybridized carbons (Fsp3) is 1.00. The van der Waals surface area contributed by atoms with Gasteiger partial charge in [0.1, 0.15) is 0 Å². The predicted octanol–water partition coefficient (Wildman–Crippen LogP) is 4.11. The highest BCUT2D eigenvalue weighted by molar-refractivity contribution is 5.18. The summed E-state index contributed by atoms with van der Waals surface area (Å²) < 4.78 is 0. The number of nitrogens with two attached hydrogens (primary N) is 1. The lowest BCUT2D eigenvalue weighted by Crippen LogP contribution is -2.41. The van der Waals surface area contributed by atoms with E-state index in [1.165, 1.54) is 57.8 Å². The van der Waals surface area contributed by atoms with Crippen molar-refractivity contribution in [2.75, 3.05) is 0 Å². The monoisotopic (exact) mass is 235 g/mol. The second-order valence-corrected chi connectivity index (χ2v) is 7.28. The summed E-state index contributed by atoms with van der Waals surface area (Å²) in [5.74, 6) is 2.05. The Morgan fingerprint density at radius 2 is 1.65 bits per heavy atom. The first kappa shape index (κ1) is 12.0. The van der Waals surface area contributed by atoms with Crippen molar-refractivity contribution in [2.24, 2.45) is 28.4 Å². The van der Waals surface area contributed by atoms with Crippen LogP contribution in [0, 0.1) is 22.7 Å².